The Labute approximate surface area is 204 Å². The van der Waals surface area contributed by atoms with Gasteiger partial charge in [-0.2, -0.15) is 18.4 Å². The van der Waals surface area contributed by atoms with Crippen molar-refractivity contribution >= 4 is 11.9 Å². The molecule has 1 amide bonds. The zero-order chi connectivity index (χ0) is 26.0. The first-order chi connectivity index (χ1) is 17.1. The normalized spacial score (nSPS) is 13.9. The third-order valence-electron chi connectivity index (χ3n) is 6.01. The number of hydrogen-bond donors (Lipinski definition) is 1. The minimum Gasteiger partial charge on any atom is -0.411 e. The molecule has 2 heterocycles. The zero-order valence-electron chi connectivity index (χ0n) is 19.5. The molecule has 1 N–H and O–H groups in total. The molecule has 0 fully saturated rings. The Morgan fingerprint density at radius 1 is 1.17 bits per heavy atom. The molecule has 0 spiro atoms. The number of halogens is 3. The molecule has 0 radical (unpaired) electrons. The number of nitrogens with one attached hydrogen (secondary N) is 1. The first kappa shape index (κ1) is 24.8. The number of fused-ring (bicyclic) bond motifs is 1. The molecule has 4 rings (SSSR count). The molecule has 8 nitrogen and oxygen atoms in total. The fraction of sp³-hybridized carbons (Fsp3) is 0.280. The maximum Gasteiger partial charge on any atom is 0.416 e. The summed E-state index contributed by atoms with van der Waals surface area (Å²) in [7, 11) is 1.30. The molecule has 1 aliphatic heterocycles. The van der Waals surface area contributed by atoms with Gasteiger partial charge in [0, 0.05) is 18.5 Å². The Bertz CT molecular complexity index is 1380. The van der Waals surface area contributed by atoms with E-state index >= 15 is 0 Å². The number of nitriles is 1. The second-order valence-corrected chi connectivity index (χ2v) is 8.29. The molecule has 3 aromatic rings. The second kappa shape index (κ2) is 9.73. The number of amides is 1. The van der Waals surface area contributed by atoms with Gasteiger partial charge in [-0.15, -0.1) is 4.73 Å². The van der Waals surface area contributed by atoms with Gasteiger partial charge in [-0.1, -0.05) is 12.1 Å². The Kier molecular flexibility index (Phi) is 6.70. The molecule has 1 aromatic heterocycles. The number of benzene rings is 2. The molecule has 0 aliphatic carbocycles. The van der Waals surface area contributed by atoms with Crippen molar-refractivity contribution in [2.24, 2.45) is 0 Å². The van der Waals surface area contributed by atoms with E-state index in [1.54, 1.807) is 31.2 Å². The fourth-order valence-corrected chi connectivity index (χ4v) is 4.00. The summed E-state index contributed by atoms with van der Waals surface area (Å²) in [5, 5.41) is 12.0. The molecule has 0 saturated carbocycles. The van der Waals surface area contributed by atoms with Crippen LogP contribution in [0.2, 0.25) is 0 Å². The van der Waals surface area contributed by atoms with Crippen molar-refractivity contribution in [1.29, 1.82) is 5.26 Å². The van der Waals surface area contributed by atoms with Crippen molar-refractivity contribution < 1.29 is 22.8 Å². The van der Waals surface area contributed by atoms with E-state index in [2.05, 4.69) is 10.3 Å². The van der Waals surface area contributed by atoms with Crippen molar-refractivity contribution in [3.8, 4) is 6.07 Å². The van der Waals surface area contributed by atoms with Crippen molar-refractivity contribution in [2.75, 3.05) is 19.0 Å². The minimum atomic E-state index is -4.43. The summed E-state index contributed by atoms with van der Waals surface area (Å²) in [5.41, 5.74) is 1.00. The van der Waals surface area contributed by atoms with Gasteiger partial charge >= 0.3 is 6.18 Å². The van der Waals surface area contributed by atoms with Crippen LogP contribution < -0.4 is 15.7 Å². The molecule has 0 unspecified atom stereocenters. The van der Waals surface area contributed by atoms with Crippen LogP contribution in [0, 0.1) is 11.3 Å². The van der Waals surface area contributed by atoms with Gasteiger partial charge in [-0.3, -0.25) is 9.59 Å². The summed E-state index contributed by atoms with van der Waals surface area (Å²) in [6.07, 6.45) is -4.10. The average Bonchev–Trinajstić information content (AvgIpc) is 2.88. The van der Waals surface area contributed by atoms with Gasteiger partial charge in [-0.25, -0.2) is 4.98 Å². The van der Waals surface area contributed by atoms with Gasteiger partial charge in [0.25, 0.3) is 11.5 Å². The van der Waals surface area contributed by atoms with Gasteiger partial charge in [0.1, 0.15) is 7.11 Å². The number of rotatable bonds is 5. The van der Waals surface area contributed by atoms with Crippen molar-refractivity contribution in [2.45, 2.75) is 32.1 Å². The van der Waals surface area contributed by atoms with E-state index in [1.807, 2.05) is 6.07 Å². The summed E-state index contributed by atoms with van der Waals surface area (Å²) in [5.74, 6) is -0.160. The van der Waals surface area contributed by atoms with E-state index in [-0.39, 0.29) is 18.4 Å². The standard InChI is InChI=1S/C25H22F3N5O3/c1-15(17-7-9-19(10-8-17)25(26,27)28)30-24-31-21-11-12-32(14-20(21)23(35)33(24)36-2)22(34)18-5-3-16(13-29)4-6-18/h3-10,15H,11-12,14H2,1-2H3,(H,30,31)/t15-/m0/s1. The largest absolute Gasteiger partial charge is 0.416 e. The Morgan fingerprint density at radius 2 is 1.83 bits per heavy atom. The molecule has 186 valence electrons. The summed E-state index contributed by atoms with van der Waals surface area (Å²) >= 11 is 0. The van der Waals surface area contributed by atoms with E-state index < -0.39 is 23.3 Å². The van der Waals surface area contributed by atoms with Crippen molar-refractivity contribution in [1.82, 2.24) is 14.6 Å². The molecule has 0 saturated heterocycles. The van der Waals surface area contributed by atoms with Crippen LogP contribution in [-0.2, 0) is 19.1 Å². The van der Waals surface area contributed by atoms with Crippen LogP contribution in [0.4, 0.5) is 19.1 Å². The Hall–Kier alpha value is -4.33. The topological polar surface area (TPSA) is 100 Å². The average molecular weight is 497 g/mol. The molecular formula is C25H22F3N5O3. The van der Waals surface area contributed by atoms with Crippen molar-refractivity contribution in [3.63, 3.8) is 0 Å². The van der Waals surface area contributed by atoms with Crippen LogP contribution >= 0.6 is 0 Å². The van der Waals surface area contributed by atoms with E-state index in [1.165, 1.54) is 24.1 Å². The summed E-state index contributed by atoms with van der Waals surface area (Å²) in [4.78, 5) is 37.4. The maximum atomic E-state index is 13.2. The van der Waals surface area contributed by atoms with Crippen LogP contribution in [0.25, 0.3) is 0 Å². The molecular weight excluding hydrogens is 475 g/mol. The maximum absolute atomic E-state index is 13.2. The van der Waals surface area contributed by atoms with Crippen LogP contribution in [-0.4, -0.2) is 34.2 Å². The summed E-state index contributed by atoms with van der Waals surface area (Å²) < 4.78 is 39.5. The SMILES string of the molecule is COn1c(N[C@@H](C)c2ccc(C(F)(F)F)cc2)nc2c(c1=O)CN(C(=O)c1ccc(C#N)cc1)CC2. The first-order valence-corrected chi connectivity index (χ1v) is 11.0. The number of hydrogen-bond acceptors (Lipinski definition) is 6. The predicted octanol–water partition coefficient (Wildman–Crippen LogP) is 3.56. The lowest BCUT2D eigenvalue weighted by molar-refractivity contribution is -0.137. The summed E-state index contributed by atoms with van der Waals surface area (Å²) in [6.45, 7) is 2.10. The van der Waals surface area contributed by atoms with Crippen LogP contribution in [0.3, 0.4) is 0 Å². The smallest absolute Gasteiger partial charge is 0.411 e. The predicted molar refractivity (Wildman–Crippen MR) is 124 cm³/mol. The van der Waals surface area contributed by atoms with Gasteiger partial charge in [0.05, 0.1) is 41.0 Å². The van der Waals surface area contributed by atoms with Crippen LogP contribution in [0.15, 0.2) is 53.3 Å². The molecule has 36 heavy (non-hydrogen) atoms. The number of aromatic nitrogens is 2. The number of carbonyl (C=O) groups is 1. The van der Waals surface area contributed by atoms with Gasteiger partial charge in [-0.05, 0) is 48.9 Å². The lowest BCUT2D eigenvalue weighted by Gasteiger charge is -2.29. The van der Waals surface area contributed by atoms with Gasteiger partial charge in [0.2, 0.25) is 5.95 Å². The number of nitrogens with zero attached hydrogens (tertiary/aromatic N) is 4. The Balaban J connectivity index is 1.56. The molecule has 0 bridgehead atoms. The first-order valence-electron chi connectivity index (χ1n) is 11.0. The lowest BCUT2D eigenvalue weighted by Crippen LogP contribution is -2.42. The fourth-order valence-electron chi connectivity index (χ4n) is 4.00. The third-order valence-corrected chi connectivity index (χ3v) is 6.01. The highest BCUT2D eigenvalue weighted by Crippen LogP contribution is 2.30. The number of carbonyl (C=O) groups excluding carboxylic acids is 1. The monoisotopic (exact) mass is 497 g/mol. The highest BCUT2D eigenvalue weighted by Gasteiger charge is 2.31. The lowest BCUT2D eigenvalue weighted by atomic mass is 10.0. The van der Waals surface area contributed by atoms with E-state index in [9.17, 15) is 22.8 Å². The van der Waals surface area contributed by atoms with Crippen molar-refractivity contribution in [3.05, 3.63) is 92.4 Å². The van der Waals surface area contributed by atoms with Crippen LogP contribution in [0.1, 0.15) is 51.3 Å². The molecule has 1 atom stereocenters. The van der Waals surface area contributed by atoms with Gasteiger partial charge < -0.3 is 15.1 Å². The van der Waals surface area contributed by atoms with E-state index in [4.69, 9.17) is 10.1 Å². The third kappa shape index (κ3) is 4.88. The minimum absolute atomic E-state index is 0.0398. The quantitative estimate of drug-likeness (QED) is 0.579. The number of anilines is 1. The van der Waals surface area contributed by atoms with Crippen LogP contribution in [0.5, 0.6) is 0 Å². The zero-order valence-corrected chi connectivity index (χ0v) is 19.5. The Morgan fingerprint density at radius 3 is 2.42 bits per heavy atom. The summed E-state index contributed by atoms with van der Waals surface area (Å²) in [6, 6.07) is 12.5. The van der Waals surface area contributed by atoms with Gasteiger partial charge in [0.15, 0.2) is 0 Å². The van der Waals surface area contributed by atoms with E-state index in [0.717, 1.165) is 16.9 Å². The van der Waals surface area contributed by atoms with E-state index in [0.29, 0.717) is 40.9 Å². The number of alkyl halides is 3. The second-order valence-electron chi connectivity index (χ2n) is 8.29. The highest BCUT2D eigenvalue weighted by molar-refractivity contribution is 5.94. The highest BCUT2D eigenvalue weighted by atomic mass is 19.4. The molecule has 11 heteroatoms. The molecule has 2 aromatic carbocycles. The molecule has 1 aliphatic rings.